The summed E-state index contributed by atoms with van der Waals surface area (Å²) in [6.07, 6.45) is 0. The summed E-state index contributed by atoms with van der Waals surface area (Å²) in [5.41, 5.74) is 1.01. The van der Waals surface area contributed by atoms with E-state index in [0.29, 0.717) is 0 Å². The summed E-state index contributed by atoms with van der Waals surface area (Å²) in [5.74, 6) is -0.568. The quantitative estimate of drug-likeness (QED) is 0.589. The highest BCUT2D eigenvalue weighted by Crippen LogP contribution is 2.24. The molecule has 3 aromatic rings. The molecular weight excluding hydrogens is 284 g/mol. The first-order chi connectivity index (χ1) is 10.7. The third-order valence-corrected chi connectivity index (χ3v) is 3.28. The van der Waals surface area contributed by atoms with Gasteiger partial charge in [0.25, 0.3) is 0 Å². The van der Waals surface area contributed by atoms with Crippen LogP contribution in [-0.2, 0) is 0 Å². The lowest BCUT2D eigenvalue weighted by Gasteiger charge is -2.14. The first kappa shape index (κ1) is 13.7. The van der Waals surface area contributed by atoms with Gasteiger partial charge in [0, 0.05) is 5.10 Å². The van der Waals surface area contributed by atoms with Crippen molar-refractivity contribution in [3.63, 3.8) is 0 Å². The molecule has 0 aliphatic rings. The van der Waals surface area contributed by atoms with Crippen LogP contribution in [-0.4, -0.2) is 19.7 Å². The minimum atomic E-state index is -0.717. The molecule has 0 aliphatic carbocycles. The second kappa shape index (κ2) is 5.65. The average Bonchev–Trinajstić information content (AvgIpc) is 2.92. The molecule has 7 nitrogen and oxygen atoms in total. The van der Waals surface area contributed by atoms with E-state index in [9.17, 15) is 14.9 Å². The normalized spacial score (nSPS) is 10.8. The number of hydrogen-bond acceptors (Lipinski definition) is 4. The summed E-state index contributed by atoms with van der Waals surface area (Å²) in [6, 6.07) is 18.0. The largest absolute Gasteiger partial charge is 0.457 e. The maximum atomic E-state index is 12.1. The Labute approximate surface area is 125 Å². The minimum Gasteiger partial charge on any atom is -0.390 e. The van der Waals surface area contributed by atoms with Gasteiger partial charge in [-0.25, -0.2) is 4.79 Å². The molecule has 0 saturated heterocycles. The van der Waals surface area contributed by atoms with Crippen molar-refractivity contribution < 1.29 is 4.92 Å². The molecule has 1 heterocycles. The van der Waals surface area contributed by atoms with Gasteiger partial charge in [-0.2, -0.15) is 4.98 Å². The lowest BCUT2D eigenvalue weighted by Crippen LogP contribution is -2.25. The number of aromatic nitrogens is 3. The van der Waals surface area contributed by atoms with Gasteiger partial charge in [-0.1, -0.05) is 60.7 Å². The van der Waals surface area contributed by atoms with Gasteiger partial charge in [0.15, 0.2) is 0 Å². The molecule has 22 heavy (non-hydrogen) atoms. The van der Waals surface area contributed by atoms with Crippen molar-refractivity contribution in [1.29, 1.82) is 0 Å². The lowest BCUT2D eigenvalue weighted by molar-refractivity contribution is -0.394. The molecule has 0 amide bonds. The number of hydrogen-bond donors (Lipinski definition) is 1. The van der Waals surface area contributed by atoms with Crippen LogP contribution in [0.4, 0.5) is 5.95 Å². The second-order valence-electron chi connectivity index (χ2n) is 4.68. The Hall–Kier alpha value is -3.22. The molecular formula is C15H12N4O3. The summed E-state index contributed by atoms with van der Waals surface area (Å²) < 4.78 is 1.10. The summed E-state index contributed by atoms with van der Waals surface area (Å²) in [7, 11) is 0. The topological polar surface area (TPSA) is 93.8 Å². The Morgan fingerprint density at radius 1 is 1.00 bits per heavy atom. The van der Waals surface area contributed by atoms with E-state index < -0.39 is 22.6 Å². The molecule has 0 unspecified atom stereocenters. The van der Waals surface area contributed by atoms with Crippen LogP contribution in [0.25, 0.3) is 0 Å². The Kier molecular flexibility index (Phi) is 3.53. The Morgan fingerprint density at radius 3 is 1.91 bits per heavy atom. The van der Waals surface area contributed by atoms with Crippen LogP contribution in [0.1, 0.15) is 17.2 Å². The van der Waals surface area contributed by atoms with E-state index in [4.69, 9.17) is 0 Å². The van der Waals surface area contributed by atoms with E-state index in [2.05, 4.69) is 10.1 Å². The van der Waals surface area contributed by atoms with Gasteiger partial charge in [-0.15, -0.1) is 4.68 Å². The molecule has 110 valence electrons. The SMILES string of the molecule is O=c1[nH]c([N+](=O)[O-])nn1C(c1ccccc1)c1ccccc1. The first-order valence-corrected chi connectivity index (χ1v) is 6.60. The minimum absolute atomic E-state index is 0.528. The third-order valence-electron chi connectivity index (χ3n) is 3.28. The molecule has 2 aromatic carbocycles. The summed E-state index contributed by atoms with van der Waals surface area (Å²) >= 11 is 0. The van der Waals surface area contributed by atoms with Crippen LogP contribution in [0, 0.1) is 10.1 Å². The molecule has 0 atom stereocenters. The van der Waals surface area contributed by atoms with Gasteiger partial charge < -0.3 is 10.1 Å². The highest BCUT2D eigenvalue weighted by molar-refractivity contribution is 5.32. The molecule has 0 saturated carbocycles. The standard InChI is InChI=1S/C15H12N4O3/c20-15-16-14(19(21)22)17-18(15)13(11-7-3-1-4-8-11)12-9-5-2-6-10-12/h1-10,13H,(H,16,17,20). The van der Waals surface area contributed by atoms with E-state index in [1.165, 1.54) is 0 Å². The number of nitrogens with one attached hydrogen (secondary N) is 1. The van der Waals surface area contributed by atoms with Crippen LogP contribution in [0.5, 0.6) is 0 Å². The number of nitrogens with zero attached hydrogens (tertiary/aromatic N) is 3. The molecule has 0 fully saturated rings. The van der Waals surface area contributed by atoms with Crippen molar-refractivity contribution in [2.24, 2.45) is 0 Å². The van der Waals surface area contributed by atoms with Crippen LogP contribution in [0.15, 0.2) is 65.5 Å². The lowest BCUT2D eigenvalue weighted by atomic mass is 9.99. The Bertz CT molecular complexity index is 800. The third kappa shape index (κ3) is 2.51. The van der Waals surface area contributed by atoms with E-state index in [0.717, 1.165) is 15.8 Å². The van der Waals surface area contributed by atoms with Gasteiger partial charge >= 0.3 is 11.6 Å². The molecule has 1 aromatic heterocycles. The zero-order chi connectivity index (χ0) is 15.5. The van der Waals surface area contributed by atoms with Crippen LogP contribution < -0.4 is 5.69 Å². The first-order valence-electron chi connectivity index (χ1n) is 6.60. The van der Waals surface area contributed by atoms with E-state index in [1.54, 1.807) is 0 Å². The molecule has 0 bridgehead atoms. The number of rotatable bonds is 4. The van der Waals surface area contributed by atoms with Crippen LogP contribution in [0.2, 0.25) is 0 Å². The van der Waals surface area contributed by atoms with Gasteiger partial charge in [0.1, 0.15) is 6.04 Å². The molecule has 3 rings (SSSR count). The second-order valence-corrected chi connectivity index (χ2v) is 4.68. The molecule has 0 radical (unpaired) electrons. The number of nitro groups is 1. The predicted molar refractivity (Wildman–Crippen MR) is 79.6 cm³/mol. The number of H-pyrrole nitrogens is 1. The van der Waals surface area contributed by atoms with E-state index in [-0.39, 0.29) is 0 Å². The van der Waals surface area contributed by atoms with Crippen molar-refractivity contribution in [3.05, 3.63) is 92.4 Å². The number of aromatic amines is 1. The van der Waals surface area contributed by atoms with Crippen molar-refractivity contribution in [3.8, 4) is 0 Å². The van der Waals surface area contributed by atoms with Gasteiger partial charge in [-0.05, 0) is 16.1 Å². The van der Waals surface area contributed by atoms with Crippen molar-refractivity contribution in [1.82, 2.24) is 14.8 Å². The van der Waals surface area contributed by atoms with Gasteiger partial charge in [0.05, 0.1) is 0 Å². The summed E-state index contributed by atoms with van der Waals surface area (Å²) in [5, 5.41) is 14.6. The fourth-order valence-corrected chi connectivity index (χ4v) is 2.33. The van der Waals surface area contributed by atoms with Crippen LogP contribution in [0.3, 0.4) is 0 Å². The molecule has 7 heteroatoms. The highest BCUT2D eigenvalue weighted by Gasteiger charge is 2.25. The van der Waals surface area contributed by atoms with E-state index in [1.807, 2.05) is 60.7 Å². The highest BCUT2D eigenvalue weighted by atomic mass is 16.6. The fraction of sp³-hybridized carbons (Fsp3) is 0.0667. The van der Waals surface area contributed by atoms with Crippen molar-refractivity contribution >= 4 is 5.95 Å². The summed E-state index contributed by atoms with van der Waals surface area (Å²) in [6.45, 7) is 0. The average molecular weight is 296 g/mol. The van der Waals surface area contributed by atoms with E-state index >= 15 is 0 Å². The monoisotopic (exact) mass is 296 g/mol. The predicted octanol–water partition coefficient (Wildman–Crippen LogP) is 2.12. The Balaban J connectivity index is 2.19. The number of benzene rings is 2. The zero-order valence-corrected chi connectivity index (χ0v) is 11.4. The fourth-order valence-electron chi connectivity index (χ4n) is 2.33. The van der Waals surface area contributed by atoms with Gasteiger partial charge in [-0.3, -0.25) is 0 Å². The zero-order valence-electron chi connectivity index (χ0n) is 11.4. The van der Waals surface area contributed by atoms with Crippen molar-refractivity contribution in [2.75, 3.05) is 0 Å². The van der Waals surface area contributed by atoms with Crippen molar-refractivity contribution in [2.45, 2.75) is 6.04 Å². The molecule has 0 spiro atoms. The maximum absolute atomic E-state index is 12.1. The Morgan fingerprint density at radius 2 is 1.50 bits per heavy atom. The summed E-state index contributed by atoms with van der Waals surface area (Å²) in [4.78, 5) is 24.3. The van der Waals surface area contributed by atoms with Gasteiger partial charge in [0.2, 0.25) is 0 Å². The smallest absolute Gasteiger partial charge is 0.390 e. The van der Waals surface area contributed by atoms with Crippen LogP contribution >= 0.6 is 0 Å². The molecule has 1 N–H and O–H groups in total. The maximum Gasteiger partial charge on any atom is 0.457 e. The molecule has 0 aliphatic heterocycles.